The molecule has 2 aromatic carbocycles. The average Bonchev–Trinajstić information content (AvgIpc) is 3.36. The molecule has 1 saturated heterocycles. The first kappa shape index (κ1) is 24.8. The van der Waals surface area contributed by atoms with Gasteiger partial charge >= 0.3 is 6.18 Å². The molecule has 192 valence electrons. The average molecular weight is 509 g/mol. The molecule has 2 aliphatic heterocycles. The van der Waals surface area contributed by atoms with Crippen molar-refractivity contribution in [1.82, 2.24) is 15.2 Å². The summed E-state index contributed by atoms with van der Waals surface area (Å²) in [5.74, 6) is -0.604. The van der Waals surface area contributed by atoms with Crippen LogP contribution in [0, 0.1) is 6.92 Å². The van der Waals surface area contributed by atoms with Crippen molar-refractivity contribution in [3.63, 3.8) is 0 Å². The molecular formula is C28H27F3N4O2. The number of anilines is 1. The Morgan fingerprint density at radius 1 is 1.03 bits per heavy atom. The molecule has 3 aromatic rings. The van der Waals surface area contributed by atoms with Gasteiger partial charge in [0.25, 0.3) is 11.8 Å². The Bertz CT molecular complexity index is 1410. The second kappa shape index (κ2) is 9.23. The number of benzene rings is 2. The zero-order valence-electron chi connectivity index (χ0n) is 20.7. The molecule has 1 aromatic heterocycles. The predicted octanol–water partition coefficient (Wildman–Crippen LogP) is 5.32. The van der Waals surface area contributed by atoms with Crippen LogP contribution in [0.1, 0.15) is 46.7 Å². The lowest BCUT2D eigenvalue weighted by Gasteiger charge is -2.36. The molecule has 6 nitrogen and oxygen atoms in total. The summed E-state index contributed by atoms with van der Waals surface area (Å²) in [4.78, 5) is 31.5. The van der Waals surface area contributed by atoms with Gasteiger partial charge in [0.2, 0.25) is 0 Å². The Morgan fingerprint density at radius 2 is 1.70 bits per heavy atom. The summed E-state index contributed by atoms with van der Waals surface area (Å²) in [5, 5.41) is 6.16. The molecule has 0 spiro atoms. The molecule has 0 saturated carbocycles. The fourth-order valence-electron chi connectivity index (χ4n) is 5.29. The van der Waals surface area contributed by atoms with Crippen LogP contribution in [0.15, 0.2) is 48.5 Å². The summed E-state index contributed by atoms with van der Waals surface area (Å²) in [6, 6.07) is 12.2. The number of nitrogens with zero attached hydrogens (tertiary/aromatic N) is 1. The maximum atomic E-state index is 13.8. The molecule has 0 bridgehead atoms. The van der Waals surface area contributed by atoms with Crippen LogP contribution in [0.25, 0.3) is 22.8 Å². The molecule has 3 N–H and O–H groups in total. The number of hydrogen-bond acceptors (Lipinski definition) is 3. The van der Waals surface area contributed by atoms with Crippen LogP contribution in [0.3, 0.4) is 0 Å². The number of halogens is 3. The van der Waals surface area contributed by atoms with Crippen LogP contribution in [0.5, 0.6) is 0 Å². The molecule has 9 heteroatoms. The zero-order chi connectivity index (χ0) is 26.5. The second-order valence-electron chi connectivity index (χ2n) is 9.74. The highest BCUT2D eigenvalue weighted by molar-refractivity contribution is 6.36. The van der Waals surface area contributed by atoms with E-state index in [0.717, 1.165) is 11.8 Å². The lowest BCUT2D eigenvalue weighted by Crippen LogP contribution is -2.55. The number of nitrogens with one attached hydrogen (secondary N) is 3. The maximum Gasteiger partial charge on any atom is 0.417 e. The van der Waals surface area contributed by atoms with Gasteiger partial charge < -0.3 is 20.5 Å². The summed E-state index contributed by atoms with van der Waals surface area (Å²) < 4.78 is 41.5. The second-order valence-corrected chi connectivity index (χ2v) is 9.74. The number of hydrogen-bond donors (Lipinski definition) is 3. The Kier molecular flexibility index (Phi) is 6.19. The third-order valence-corrected chi connectivity index (χ3v) is 6.70. The van der Waals surface area contributed by atoms with Crippen LogP contribution in [-0.4, -0.2) is 46.9 Å². The smallest absolute Gasteiger partial charge is 0.358 e. The fourth-order valence-corrected chi connectivity index (χ4v) is 5.29. The van der Waals surface area contributed by atoms with Crippen LogP contribution in [0.4, 0.5) is 18.9 Å². The number of carbonyl (C=O) groups excluding carboxylic acids is 2. The van der Waals surface area contributed by atoms with Crippen LogP contribution in [-0.2, 0) is 11.0 Å². The van der Waals surface area contributed by atoms with Crippen molar-refractivity contribution in [3.8, 4) is 11.1 Å². The molecule has 5 rings (SSSR count). The predicted molar refractivity (Wildman–Crippen MR) is 137 cm³/mol. The summed E-state index contributed by atoms with van der Waals surface area (Å²) in [5.41, 5.74) is 2.08. The van der Waals surface area contributed by atoms with E-state index in [2.05, 4.69) is 15.6 Å². The van der Waals surface area contributed by atoms with Crippen molar-refractivity contribution < 1.29 is 22.8 Å². The van der Waals surface area contributed by atoms with E-state index in [1.807, 2.05) is 20.8 Å². The Morgan fingerprint density at radius 3 is 2.41 bits per heavy atom. The fraction of sp³-hybridized carbons (Fsp3) is 0.286. The minimum atomic E-state index is -4.56. The van der Waals surface area contributed by atoms with E-state index in [4.69, 9.17) is 0 Å². The van der Waals surface area contributed by atoms with E-state index in [0.29, 0.717) is 35.6 Å². The van der Waals surface area contributed by atoms with Gasteiger partial charge in [0.05, 0.1) is 22.4 Å². The van der Waals surface area contributed by atoms with Gasteiger partial charge in [-0.3, -0.25) is 9.59 Å². The van der Waals surface area contributed by atoms with Gasteiger partial charge in [-0.05, 0) is 56.2 Å². The lowest BCUT2D eigenvalue weighted by molar-refractivity contribution is -0.137. The van der Waals surface area contributed by atoms with E-state index >= 15 is 0 Å². The number of H-pyrrole nitrogens is 1. The third kappa shape index (κ3) is 4.67. The van der Waals surface area contributed by atoms with Crippen LogP contribution < -0.4 is 10.6 Å². The molecule has 2 amide bonds. The van der Waals surface area contributed by atoms with Gasteiger partial charge in [-0.25, -0.2) is 0 Å². The van der Waals surface area contributed by atoms with E-state index in [1.165, 1.54) is 18.2 Å². The summed E-state index contributed by atoms with van der Waals surface area (Å²) >= 11 is 0. The van der Waals surface area contributed by atoms with Gasteiger partial charge in [-0.2, -0.15) is 13.2 Å². The first-order valence-corrected chi connectivity index (χ1v) is 12.1. The minimum Gasteiger partial charge on any atom is -0.358 e. The van der Waals surface area contributed by atoms with Gasteiger partial charge in [0.15, 0.2) is 0 Å². The normalized spacial score (nSPS) is 20.8. The van der Waals surface area contributed by atoms with Gasteiger partial charge in [0, 0.05) is 42.1 Å². The highest BCUT2D eigenvalue weighted by Gasteiger charge is 2.36. The topological polar surface area (TPSA) is 77.2 Å². The SMILES string of the molecule is Cc1cc(C(=O)N2C[C@H](C)N[C@@H](C)C2)c(C=C2C(=O)Nc3cccc(-c4ccccc4C(F)(F)F)c32)[nH]1. The number of rotatable bonds is 3. The standard InChI is InChI=1S/C28H27F3N4O2/c1-15-11-20(27(37)35-13-16(2)32-17(3)14-35)24(33-15)12-21-25-19(8-6-10-23(25)34-26(21)36)18-7-4-5-9-22(18)28(29,30)31/h4-12,16-17,32-33H,13-14H2,1-3H3,(H,34,36)/t16-,17-/m0/s1. The van der Waals surface area contributed by atoms with E-state index < -0.39 is 17.6 Å². The van der Waals surface area contributed by atoms with E-state index in [1.54, 1.807) is 35.2 Å². The molecule has 0 unspecified atom stereocenters. The minimum absolute atomic E-state index is 0.0167. The van der Waals surface area contributed by atoms with Gasteiger partial charge in [0.1, 0.15) is 0 Å². The van der Waals surface area contributed by atoms with Crippen molar-refractivity contribution in [2.24, 2.45) is 0 Å². The quantitative estimate of drug-likeness (QED) is 0.419. The van der Waals surface area contributed by atoms with Crippen LogP contribution in [0.2, 0.25) is 0 Å². The molecule has 2 aliphatic rings. The van der Waals surface area contributed by atoms with Crippen molar-refractivity contribution in [1.29, 1.82) is 0 Å². The van der Waals surface area contributed by atoms with Crippen molar-refractivity contribution in [3.05, 3.63) is 76.6 Å². The van der Waals surface area contributed by atoms with Gasteiger partial charge in [-0.15, -0.1) is 0 Å². The first-order valence-electron chi connectivity index (χ1n) is 12.1. The highest BCUT2D eigenvalue weighted by Crippen LogP contribution is 2.44. The number of piperazine rings is 1. The Labute approximate surface area is 212 Å². The molecule has 0 radical (unpaired) electrons. The highest BCUT2D eigenvalue weighted by atomic mass is 19.4. The zero-order valence-corrected chi connectivity index (χ0v) is 20.7. The molecule has 2 atom stereocenters. The summed E-state index contributed by atoms with van der Waals surface area (Å²) in [7, 11) is 0. The van der Waals surface area contributed by atoms with E-state index in [-0.39, 0.29) is 34.7 Å². The van der Waals surface area contributed by atoms with E-state index in [9.17, 15) is 22.8 Å². The number of aromatic amines is 1. The van der Waals surface area contributed by atoms with Crippen molar-refractivity contribution in [2.45, 2.75) is 39.0 Å². The molecule has 0 aliphatic carbocycles. The largest absolute Gasteiger partial charge is 0.417 e. The molecule has 3 heterocycles. The summed E-state index contributed by atoms with van der Waals surface area (Å²) in [6.07, 6.45) is -3.00. The number of amides is 2. The van der Waals surface area contributed by atoms with Crippen molar-refractivity contribution >= 4 is 29.2 Å². The number of alkyl halides is 3. The number of carbonyl (C=O) groups is 2. The molecule has 37 heavy (non-hydrogen) atoms. The number of fused-ring (bicyclic) bond motifs is 1. The maximum absolute atomic E-state index is 13.8. The van der Waals surface area contributed by atoms with Crippen LogP contribution >= 0.6 is 0 Å². The van der Waals surface area contributed by atoms with Gasteiger partial charge in [-0.1, -0.05) is 30.3 Å². The first-order chi connectivity index (χ1) is 17.5. The lowest BCUT2D eigenvalue weighted by atomic mass is 9.91. The monoisotopic (exact) mass is 508 g/mol. The third-order valence-electron chi connectivity index (χ3n) is 6.70. The van der Waals surface area contributed by atoms with Crippen molar-refractivity contribution in [2.75, 3.05) is 18.4 Å². The Hall–Kier alpha value is -3.85. The Balaban J connectivity index is 1.61. The summed E-state index contributed by atoms with van der Waals surface area (Å²) in [6.45, 7) is 6.94. The number of aryl methyl sites for hydroxylation is 1. The molecular weight excluding hydrogens is 481 g/mol. The number of aromatic nitrogens is 1. The molecule has 1 fully saturated rings.